The van der Waals surface area contributed by atoms with Gasteiger partial charge in [-0.2, -0.15) is 9.97 Å². The first-order valence-electron chi connectivity index (χ1n) is 7.08. The molecule has 9 nitrogen and oxygen atoms in total. The Morgan fingerprint density at radius 2 is 2.17 bits per heavy atom. The fourth-order valence-electron chi connectivity index (χ4n) is 2.76. The lowest BCUT2D eigenvalue weighted by atomic mass is 9.98. The van der Waals surface area contributed by atoms with Gasteiger partial charge >= 0.3 is 0 Å². The Bertz CT molecular complexity index is 734. The van der Waals surface area contributed by atoms with Gasteiger partial charge in [0, 0.05) is 14.1 Å². The van der Waals surface area contributed by atoms with E-state index in [-0.39, 0.29) is 5.95 Å². The summed E-state index contributed by atoms with van der Waals surface area (Å²) in [4.78, 5) is 14.2. The molecule has 1 fully saturated rings. The second-order valence-corrected chi connectivity index (χ2v) is 5.93. The number of aliphatic hydroxyl groups is 2. The number of anilines is 2. The van der Waals surface area contributed by atoms with E-state index in [0.29, 0.717) is 17.0 Å². The standard InChI is InChI=1S/C13H19FN6O3/c1-13(14)8(22)6(4-21)23-11(13)20-5-16-7-9(19(2)3)17-12(15)18-10(7)20/h5-6,8,11,21-22H,4H2,1-3H3,(H2,15,17,18)/t6?,8-,11-,13-/m1/s1. The molecule has 10 heteroatoms. The number of imidazole rings is 1. The topological polar surface area (TPSA) is 123 Å². The minimum Gasteiger partial charge on any atom is -0.394 e. The van der Waals surface area contributed by atoms with Gasteiger partial charge in [0.05, 0.1) is 12.9 Å². The van der Waals surface area contributed by atoms with Crippen molar-refractivity contribution in [3.63, 3.8) is 0 Å². The third-order valence-electron chi connectivity index (χ3n) is 3.99. The second kappa shape index (κ2) is 5.25. The number of halogens is 1. The van der Waals surface area contributed by atoms with E-state index in [4.69, 9.17) is 10.5 Å². The molecule has 4 atom stereocenters. The summed E-state index contributed by atoms with van der Waals surface area (Å²) in [6, 6.07) is 0. The third-order valence-corrected chi connectivity index (χ3v) is 3.99. The fraction of sp³-hybridized carbons (Fsp3) is 0.615. The van der Waals surface area contributed by atoms with Gasteiger partial charge in [0.1, 0.15) is 12.2 Å². The Morgan fingerprint density at radius 3 is 2.74 bits per heavy atom. The summed E-state index contributed by atoms with van der Waals surface area (Å²) in [6.45, 7) is 0.713. The molecule has 0 spiro atoms. The van der Waals surface area contributed by atoms with Gasteiger partial charge < -0.3 is 25.6 Å². The number of aromatic nitrogens is 4. The lowest BCUT2D eigenvalue weighted by molar-refractivity contribution is -0.0566. The summed E-state index contributed by atoms with van der Waals surface area (Å²) in [6.07, 6.45) is -2.33. The van der Waals surface area contributed by atoms with E-state index in [9.17, 15) is 14.6 Å². The average Bonchev–Trinajstić information content (AvgIpc) is 2.98. The molecule has 23 heavy (non-hydrogen) atoms. The number of nitrogens with zero attached hydrogens (tertiary/aromatic N) is 5. The quantitative estimate of drug-likeness (QED) is 0.687. The number of hydrogen-bond acceptors (Lipinski definition) is 8. The molecule has 0 aromatic carbocycles. The minimum absolute atomic E-state index is 0.0146. The van der Waals surface area contributed by atoms with Gasteiger partial charge in [-0.05, 0) is 6.92 Å². The van der Waals surface area contributed by atoms with Crippen molar-refractivity contribution in [2.75, 3.05) is 31.3 Å². The molecule has 3 heterocycles. The van der Waals surface area contributed by atoms with Crippen LogP contribution in [0.5, 0.6) is 0 Å². The molecule has 126 valence electrons. The van der Waals surface area contributed by atoms with E-state index >= 15 is 0 Å². The summed E-state index contributed by atoms with van der Waals surface area (Å²) in [5.41, 5.74) is 4.33. The van der Waals surface area contributed by atoms with Gasteiger partial charge in [-0.25, -0.2) is 9.37 Å². The number of nitrogen functional groups attached to an aromatic ring is 1. The summed E-state index contributed by atoms with van der Waals surface area (Å²) in [5, 5.41) is 19.2. The Hall–Kier alpha value is -2.04. The molecule has 1 aliphatic heterocycles. The maximum absolute atomic E-state index is 14.9. The van der Waals surface area contributed by atoms with E-state index in [0.717, 1.165) is 0 Å². The zero-order chi connectivity index (χ0) is 16.9. The second-order valence-electron chi connectivity index (χ2n) is 5.93. The molecule has 1 unspecified atom stereocenters. The molecule has 3 rings (SSSR count). The van der Waals surface area contributed by atoms with Crippen molar-refractivity contribution in [2.45, 2.75) is 31.0 Å². The molecule has 1 aliphatic rings. The van der Waals surface area contributed by atoms with Gasteiger partial charge in [-0.3, -0.25) is 4.57 Å². The van der Waals surface area contributed by atoms with Crippen molar-refractivity contribution in [1.29, 1.82) is 0 Å². The third kappa shape index (κ3) is 2.30. The number of nitrogens with two attached hydrogens (primary N) is 1. The molecular formula is C13H19FN6O3. The summed E-state index contributed by atoms with van der Waals surface area (Å²) < 4.78 is 21.8. The van der Waals surface area contributed by atoms with Gasteiger partial charge in [0.15, 0.2) is 28.9 Å². The van der Waals surface area contributed by atoms with Crippen LogP contribution < -0.4 is 10.6 Å². The maximum Gasteiger partial charge on any atom is 0.224 e. The molecule has 0 bridgehead atoms. The van der Waals surface area contributed by atoms with Crippen LogP contribution in [0, 0.1) is 0 Å². The smallest absolute Gasteiger partial charge is 0.224 e. The highest BCUT2D eigenvalue weighted by atomic mass is 19.1. The molecular weight excluding hydrogens is 307 g/mol. The van der Waals surface area contributed by atoms with E-state index in [1.54, 1.807) is 19.0 Å². The predicted octanol–water partition coefficient (Wildman–Crippen LogP) is -0.547. The van der Waals surface area contributed by atoms with Crippen LogP contribution in [0.2, 0.25) is 0 Å². The van der Waals surface area contributed by atoms with Crippen LogP contribution in [0.25, 0.3) is 11.2 Å². The van der Waals surface area contributed by atoms with Crippen molar-refractivity contribution in [1.82, 2.24) is 19.5 Å². The highest BCUT2D eigenvalue weighted by Gasteiger charge is 2.55. The largest absolute Gasteiger partial charge is 0.394 e. The first-order chi connectivity index (χ1) is 10.8. The predicted molar refractivity (Wildman–Crippen MR) is 80.6 cm³/mol. The molecule has 1 saturated heterocycles. The van der Waals surface area contributed by atoms with Gasteiger partial charge in [0.2, 0.25) is 5.95 Å². The SMILES string of the molecule is CN(C)c1nc(N)nc2c1ncn2[C@@H]1OC(CO)[C@@H](O)[C@@]1(C)F. The van der Waals surface area contributed by atoms with Crippen LogP contribution in [0.15, 0.2) is 6.33 Å². The van der Waals surface area contributed by atoms with Crippen molar-refractivity contribution >= 4 is 22.9 Å². The van der Waals surface area contributed by atoms with E-state index in [2.05, 4.69) is 15.0 Å². The zero-order valence-electron chi connectivity index (χ0n) is 13.0. The van der Waals surface area contributed by atoms with Crippen LogP contribution in [0.4, 0.5) is 16.2 Å². The van der Waals surface area contributed by atoms with Gasteiger partial charge in [-0.15, -0.1) is 0 Å². The highest BCUT2D eigenvalue weighted by Crippen LogP contribution is 2.42. The number of fused-ring (bicyclic) bond motifs is 1. The molecule has 0 radical (unpaired) electrons. The van der Waals surface area contributed by atoms with Crippen LogP contribution in [0.3, 0.4) is 0 Å². The Kier molecular flexibility index (Phi) is 3.62. The van der Waals surface area contributed by atoms with Crippen LogP contribution in [-0.4, -0.2) is 68.3 Å². The summed E-state index contributed by atoms with van der Waals surface area (Å²) in [7, 11) is 3.55. The number of ether oxygens (including phenoxy) is 1. The minimum atomic E-state index is -2.13. The van der Waals surface area contributed by atoms with Gasteiger partial charge in [-0.1, -0.05) is 0 Å². The molecule has 2 aromatic rings. The number of alkyl halides is 1. The van der Waals surface area contributed by atoms with Gasteiger partial charge in [0.25, 0.3) is 0 Å². The summed E-state index contributed by atoms with van der Waals surface area (Å²) >= 11 is 0. The van der Waals surface area contributed by atoms with Crippen molar-refractivity contribution < 1.29 is 19.3 Å². The van der Waals surface area contributed by atoms with Crippen LogP contribution in [-0.2, 0) is 4.74 Å². The first kappa shape index (κ1) is 15.8. The molecule has 2 aromatic heterocycles. The van der Waals surface area contributed by atoms with E-state index < -0.39 is 30.7 Å². The van der Waals surface area contributed by atoms with E-state index in [1.165, 1.54) is 17.8 Å². The van der Waals surface area contributed by atoms with E-state index in [1.807, 2.05) is 0 Å². The zero-order valence-corrected chi connectivity index (χ0v) is 13.0. The number of rotatable bonds is 3. The normalized spacial score (nSPS) is 31.0. The first-order valence-corrected chi connectivity index (χ1v) is 7.08. The Morgan fingerprint density at radius 1 is 1.48 bits per heavy atom. The van der Waals surface area contributed by atoms with Crippen molar-refractivity contribution in [3.8, 4) is 0 Å². The summed E-state index contributed by atoms with van der Waals surface area (Å²) in [5.74, 6) is 0.504. The van der Waals surface area contributed by atoms with Crippen LogP contribution in [0.1, 0.15) is 13.2 Å². The molecule has 0 aliphatic carbocycles. The highest BCUT2D eigenvalue weighted by molar-refractivity contribution is 5.84. The maximum atomic E-state index is 14.9. The fourth-order valence-corrected chi connectivity index (χ4v) is 2.76. The lowest BCUT2D eigenvalue weighted by Crippen LogP contribution is -2.40. The Labute approximate surface area is 131 Å². The average molecular weight is 326 g/mol. The molecule has 0 saturated carbocycles. The molecule has 4 N–H and O–H groups in total. The molecule has 0 amide bonds. The Balaban J connectivity index is 2.14. The number of hydrogen-bond donors (Lipinski definition) is 3. The van der Waals surface area contributed by atoms with Crippen molar-refractivity contribution in [2.24, 2.45) is 0 Å². The monoisotopic (exact) mass is 326 g/mol. The lowest BCUT2D eigenvalue weighted by Gasteiger charge is -2.24. The van der Waals surface area contributed by atoms with Crippen molar-refractivity contribution in [3.05, 3.63) is 6.33 Å². The van der Waals surface area contributed by atoms with Crippen LogP contribution >= 0.6 is 0 Å². The number of aliphatic hydroxyl groups excluding tert-OH is 2.